The smallest absolute Gasteiger partial charge is 0.269 e. The van der Waals surface area contributed by atoms with E-state index in [9.17, 15) is 39.8 Å². The summed E-state index contributed by atoms with van der Waals surface area (Å²) in [4.78, 5) is 50.8. The van der Waals surface area contributed by atoms with Gasteiger partial charge in [-0.3, -0.25) is 29.7 Å². The van der Waals surface area contributed by atoms with Crippen molar-refractivity contribution < 1.29 is 71.5 Å². The molecule has 201 valence electrons. The van der Waals surface area contributed by atoms with E-state index < -0.39 is 22.8 Å². The summed E-state index contributed by atoms with van der Waals surface area (Å²) in [6.07, 6.45) is 0. The van der Waals surface area contributed by atoms with Gasteiger partial charge in [0.1, 0.15) is 0 Å². The molecule has 1 saturated heterocycles. The van der Waals surface area contributed by atoms with Crippen LogP contribution in [0, 0.1) is 47.0 Å². The van der Waals surface area contributed by atoms with Crippen molar-refractivity contribution in [2.75, 3.05) is 72.0 Å². The number of nitro groups is 1. The third-order valence-corrected chi connectivity index (χ3v) is 5.54. The molecule has 0 amide bonds. The molecule has 0 N–H and O–H groups in total. The van der Waals surface area contributed by atoms with Crippen molar-refractivity contribution in [3.8, 4) is 0 Å². The van der Waals surface area contributed by atoms with Crippen LogP contribution in [-0.4, -0.2) is 114 Å². The van der Waals surface area contributed by atoms with Gasteiger partial charge in [0.2, 0.25) is 0 Å². The normalized spacial score (nSPS) is 17.5. The first kappa shape index (κ1) is 31.1. The van der Waals surface area contributed by atoms with Crippen molar-refractivity contribution in [2.45, 2.75) is 6.54 Å². The number of hydrogen-bond acceptors (Lipinski definition) is 12. The number of rotatable bonds is 9. The minimum Gasteiger partial charge on any atom is -0.549 e. The molecule has 1 radical (unpaired) electrons. The van der Waals surface area contributed by atoms with Gasteiger partial charge in [0.15, 0.2) is 0 Å². The first-order valence-corrected chi connectivity index (χ1v) is 10.8. The van der Waals surface area contributed by atoms with E-state index in [-0.39, 0.29) is 88.4 Å². The Bertz CT molecular complexity index is 825. The monoisotopic (exact) mass is 647 g/mol. The Hall–Kier alpha value is -1.90. The summed E-state index contributed by atoms with van der Waals surface area (Å²) in [6, 6.07) is 6.10. The van der Waals surface area contributed by atoms with Gasteiger partial charge in [-0.15, -0.1) is 0 Å². The number of non-ortho nitro benzene ring substituents is 1. The van der Waals surface area contributed by atoms with Crippen LogP contribution in [0.1, 0.15) is 5.56 Å². The van der Waals surface area contributed by atoms with Crippen molar-refractivity contribution in [1.29, 1.82) is 0 Å². The minimum absolute atomic E-state index is 0. The molecule has 2 rings (SSSR count). The average Bonchev–Trinajstić information content (AvgIpc) is 2.74. The van der Waals surface area contributed by atoms with Crippen LogP contribution in [0.4, 0.5) is 5.69 Å². The van der Waals surface area contributed by atoms with E-state index in [2.05, 4.69) is 0 Å². The zero-order valence-corrected chi connectivity index (χ0v) is 20.9. The van der Waals surface area contributed by atoms with E-state index in [1.54, 1.807) is 26.8 Å². The van der Waals surface area contributed by atoms with Crippen molar-refractivity contribution in [3.63, 3.8) is 0 Å². The molecule has 13 nitrogen and oxygen atoms in total. The van der Waals surface area contributed by atoms with E-state index >= 15 is 0 Å². The Labute approximate surface area is 232 Å². The van der Waals surface area contributed by atoms with Crippen LogP contribution in [-0.2, 0) is 20.9 Å². The van der Waals surface area contributed by atoms with Crippen molar-refractivity contribution in [1.82, 2.24) is 19.6 Å². The van der Waals surface area contributed by atoms with Gasteiger partial charge in [-0.2, -0.15) is 0 Å². The number of carbonyl (C=O) groups is 3. The standard InChI is InChI=1S/C21H31N5O8.Tm/c27-19(28)14-23-7-5-22(13-17-1-3-18(4-2-17)26(33)34)6-8-24(15-20(29)30)10-12-25(11-9-23)16-21(31)32;/h1-4H,5-16H2,(H,27,28)(H,29,30)(H,31,32);/p-3. The maximum absolute atomic E-state index is 11.2. The molecular formula is C21H28N5O8Tm-3. The summed E-state index contributed by atoms with van der Waals surface area (Å²) in [5.74, 6) is -3.78. The van der Waals surface area contributed by atoms with Crippen LogP contribution in [0.25, 0.3) is 0 Å². The number of aliphatic carboxylic acids is 3. The number of carboxylic acids is 3. The molecular weight excluding hydrogens is 619 g/mol. The Morgan fingerprint density at radius 1 is 0.657 bits per heavy atom. The van der Waals surface area contributed by atoms with Crippen LogP contribution < -0.4 is 15.3 Å². The molecule has 0 aliphatic carbocycles. The van der Waals surface area contributed by atoms with Gasteiger partial charge in [-0.05, 0) is 5.56 Å². The number of nitro benzene ring substituents is 1. The Balaban J connectivity index is 0.00000612. The second-order valence-electron chi connectivity index (χ2n) is 8.14. The molecule has 0 aromatic heterocycles. The van der Waals surface area contributed by atoms with Crippen molar-refractivity contribution >= 4 is 23.6 Å². The zero-order valence-electron chi connectivity index (χ0n) is 19.1. The maximum Gasteiger partial charge on any atom is 0.269 e. The third-order valence-electron chi connectivity index (χ3n) is 5.54. The molecule has 1 fully saturated rings. The maximum atomic E-state index is 11.2. The molecule has 0 saturated carbocycles. The van der Waals surface area contributed by atoms with Crippen LogP contribution in [0.2, 0.25) is 0 Å². The largest absolute Gasteiger partial charge is 0.549 e. The number of hydrogen-bond donors (Lipinski definition) is 0. The van der Waals surface area contributed by atoms with Gasteiger partial charge < -0.3 is 29.7 Å². The minimum atomic E-state index is -1.28. The van der Waals surface area contributed by atoms with E-state index in [0.29, 0.717) is 32.7 Å². The van der Waals surface area contributed by atoms with E-state index in [0.717, 1.165) is 5.56 Å². The molecule has 1 aromatic carbocycles. The summed E-state index contributed by atoms with van der Waals surface area (Å²) in [7, 11) is 0. The second kappa shape index (κ2) is 16.0. The van der Waals surface area contributed by atoms with Gasteiger partial charge in [0.05, 0.1) is 22.8 Å². The van der Waals surface area contributed by atoms with Gasteiger partial charge >= 0.3 is 0 Å². The summed E-state index contributed by atoms with van der Waals surface area (Å²) < 4.78 is 0. The Kier molecular flexibility index (Phi) is 14.2. The molecule has 1 aliphatic rings. The molecule has 1 aromatic rings. The number of benzene rings is 1. The van der Waals surface area contributed by atoms with Crippen LogP contribution in [0.15, 0.2) is 24.3 Å². The average molecular weight is 647 g/mol. The van der Waals surface area contributed by atoms with Crippen LogP contribution >= 0.6 is 0 Å². The molecule has 35 heavy (non-hydrogen) atoms. The van der Waals surface area contributed by atoms with Gasteiger partial charge in [0, 0.05) is 128 Å². The quantitative estimate of drug-likeness (QED) is 0.186. The predicted octanol–water partition coefficient (Wildman–Crippen LogP) is -4.43. The molecule has 0 spiro atoms. The second-order valence-corrected chi connectivity index (χ2v) is 8.14. The van der Waals surface area contributed by atoms with Gasteiger partial charge in [-0.25, -0.2) is 0 Å². The van der Waals surface area contributed by atoms with Gasteiger partial charge in [-0.1, -0.05) is 12.1 Å². The van der Waals surface area contributed by atoms with Crippen LogP contribution in [0.3, 0.4) is 0 Å². The number of nitrogens with zero attached hydrogens (tertiary/aromatic N) is 5. The fraction of sp³-hybridized carbons (Fsp3) is 0.571. The SMILES string of the molecule is O=C([O-])CN1CCN(CC(=O)[O-])CCN(Cc2ccc([N+](=O)[O-])cc2)CCN(CC(=O)[O-])CC1.[Tm]. The first-order chi connectivity index (χ1) is 16.1. The predicted molar refractivity (Wildman–Crippen MR) is 113 cm³/mol. The summed E-state index contributed by atoms with van der Waals surface area (Å²) in [6.45, 7) is 2.04. The molecule has 1 aliphatic heterocycles. The van der Waals surface area contributed by atoms with Crippen molar-refractivity contribution in [3.05, 3.63) is 39.9 Å². The molecule has 0 atom stereocenters. The molecule has 1 heterocycles. The summed E-state index contributed by atoms with van der Waals surface area (Å²) in [5, 5.41) is 44.4. The van der Waals surface area contributed by atoms with Crippen molar-refractivity contribution in [2.24, 2.45) is 0 Å². The van der Waals surface area contributed by atoms with E-state index in [1.165, 1.54) is 12.1 Å². The molecule has 0 bridgehead atoms. The fourth-order valence-electron chi connectivity index (χ4n) is 3.74. The summed E-state index contributed by atoms with van der Waals surface area (Å²) >= 11 is 0. The first-order valence-electron chi connectivity index (χ1n) is 10.8. The van der Waals surface area contributed by atoms with Crippen LogP contribution in [0.5, 0.6) is 0 Å². The van der Waals surface area contributed by atoms with Gasteiger partial charge in [0.25, 0.3) is 5.69 Å². The third kappa shape index (κ3) is 12.6. The van der Waals surface area contributed by atoms with E-state index in [4.69, 9.17) is 0 Å². The fourth-order valence-corrected chi connectivity index (χ4v) is 3.74. The topological polar surface area (TPSA) is 176 Å². The molecule has 0 unspecified atom stereocenters. The Morgan fingerprint density at radius 2 is 0.971 bits per heavy atom. The number of carbonyl (C=O) groups excluding carboxylic acids is 3. The number of carboxylic acid groups (broad SMARTS) is 3. The van der Waals surface area contributed by atoms with E-state index in [1.807, 2.05) is 4.90 Å². The molecule has 14 heteroatoms. The zero-order chi connectivity index (χ0) is 25.1. The summed E-state index contributed by atoms with van der Waals surface area (Å²) in [5.41, 5.74) is 0.787. The Morgan fingerprint density at radius 3 is 1.26 bits per heavy atom.